The van der Waals surface area contributed by atoms with Crippen LogP contribution >= 0.6 is 0 Å². The summed E-state index contributed by atoms with van der Waals surface area (Å²) in [5.74, 6) is 0.549. The first-order chi connectivity index (χ1) is 14.7. The molecule has 0 saturated heterocycles. The molecule has 1 aromatic heterocycles. The molecule has 1 heterocycles. The van der Waals surface area contributed by atoms with Gasteiger partial charge in [0.2, 0.25) is 0 Å². The Bertz CT molecular complexity index is 969. The number of rotatable bonds is 10. The van der Waals surface area contributed by atoms with Crippen LogP contribution in [0.1, 0.15) is 33.4 Å². The Morgan fingerprint density at radius 2 is 1.83 bits per heavy atom. The summed E-state index contributed by atoms with van der Waals surface area (Å²) >= 11 is 0. The van der Waals surface area contributed by atoms with E-state index in [1.165, 1.54) is 0 Å². The van der Waals surface area contributed by atoms with E-state index in [4.69, 9.17) is 13.9 Å². The number of carbonyl (C=O) groups is 2. The van der Waals surface area contributed by atoms with Crippen LogP contribution in [0.15, 0.2) is 71.3 Å². The number of hydrogen-bond donors (Lipinski definition) is 2. The van der Waals surface area contributed by atoms with Gasteiger partial charge in [-0.25, -0.2) is 0 Å². The van der Waals surface area contributed by atoms with Gasteiger partial charge in [0.25, 0.3) is 11.8 Å². The lowest BCUT2D eigenvalue weighted by Crippen LogP contribution is -2.22. The van der Waals surface area contributed by atoms with Gasteiger partial charge >= 0.3 is 0 Å². The highest BCUT2D eigenvalue weighted by atomic mass is 16.5. The zero-order chi connectivity index (χ0) is 21.2. The summed E-state index contributed by atoms with van der Waals surface area (Å²) < 4.78 is 16.1. The predicted octanol–water partition coefficient (Wildman–Crippen LogP) is 3.88. The van der Waals surface area contributed by atoms with Crippen LogP contribution in [0, 0.1) is 0 Å². The van der Waals surface area contributed by atoms with E-state index in [1.807, 2.05) is 6.92 Å². The van der Waals surface area contributed by atoms with Crippen LogP contribution in [0.3, 0.4) is 0 Å². The van der Waals surface area contributed by atoms with Crippen molar-refractivity contribution in [2.75, 3.05) is 25.1 Å². The highest BCUT2D eigenvalue weighted by molar-refractivity contribution is 6.06. The first-order valence-corrected chi connectivity index (χ1v) is 9.69. The fourth-order valence-corrected chi connectivity index (χ4v) is 2.75. The Labute approximate surface area is 175 Å². The molecule has 2 amide bonds. The first-order valence-electron chi connectivity index (χ1n) is 9.69. The van der Waals surface area contributed by atoms with Crippen LogP contribution < -0.4 is 15.4 Å². The van der Waals surface area contributed by atoms with Gasteiger partial charge in [-0.1, -0.05) is 18.2 Å². The zero-order valence-corrected chi connectivity index (χ0v) is 16.7. The lowest BCUT2D eigenvalue weighted by molar-refractivity contribution is 0.0946. The van der Waals surface area contributed by atoms with Crippen molar-refractivity contribution in [1.29, 1.82) is 0 Å². The maximum absolute atomic E-state index is 12.8. The number of hydrogen-bond acceptors (Lipinski definition) is 5. The summed E-state index contributed by atoms with van der Waals surface area (Å²) in [6.45, 7) is 3.60. The molecule has 2 aromatic carbocycles. The van der Waals surface area contributed by atoms with Crippen molar-refractivity contribution in [2.45, 2.75) is 13.5 Å². The van der Waals surface area contributed by atoms with Crippen LogP contribution in [-0.4, -0.2) is 31.6 Å². The Morgan fingerprint density at radius 1 is 0.967 bits per heavy atom. The van der Waals surface area contributed by atoms with E-state index < -0.39 is 0 Å². The Hall–Kier alpha value is -3.58. The van der Waals surface area contributed by atoms with Crippen molar-refractivity contribution < 1.29 is 23.5 Å². The number of anilines is 1. The van der Waals surface area contributed by atoms with Gasteiger partial charge in [0.1, 0.15) is 18.1 Å². The Balaban J connectivity index is 1.63. The lowest BCUT2D eigenvalue weighted by atomic mass is 10.1. The lowest BCUT2D eigenvalue weighted by Gasteiger charge is -2.12. The third-order valence-electron chi connectivity index (χ3n) is 4.21. The summed E-state index contributed by atoms with van der Waals surface area (Å²) in [4.78, 5) is 25.1. The molecule has 7 nitrogen and oxygen atoms in total. The number of nitrogens with one attached hydrogen (secondary N) is 2. The van der Waals surface area contributed by atoms with E-state index in [9.17, 15) is 9.59 Å². The second kappa shape index (κ2) is 10.8. The van der Waals surface area contributed by atoms with Gasteiger partial charge in [0.05, 0.1) is 25.0 Å². The van der Waals surface area contributed by atoms with Crippen molar-refractivity contribution in [2.24, 2.45) is 0 Å². The summed E-state index contributed by atoms with van der Waals surface area (Å²) in [7, 11) is 0. The molecule has 156 valence electrons. The molecule has 2 N–H and O–H groups in total. The molecule has 0 spiro atoms. The maximum Gasteiger partial charge on any atom is 0.259 e. The molecule has 0 bridgehead atoms. The molecule has 0 aliphatic rings. The second-order valence-electron chi connectivity index (χ2n) is 6.34. The first kappa shape index (κ1) is 21.1. The Kier molecular flexibility index (Phi) is 7.63. The maximum atomic E-state index is 12.8. The van der Waals surface area contributed by atoms with Gasteiger partial charge in [-0.05, 0) is 49.4 Å². The summed E-state index contributed by atoms with van der Waals surface area (Å²) in [5, 5.41) is 5.60. The fraction of sp³-hybridized carbons (Fsp3) is 0.217. The van der Waals surface area contributed by atoms with Gasteiger partial charge in [-0.3, -0.25) is 9.59 Å². The normalized spacial score (nSPS) is 10.4. The number of benzene rings is 2. The van der Waals surface area contributed by atoms with Crippen molar-refractivity contribution in [3.05, 3.63) is 83.8 Å². The second-order valence-corrected chi connectivity index (χ2v) is 6.34. The Morgan fingerprint density at radius 3 is 2.63 bits per heavy atom. The molecule has 0 atom stereocenters. The number of furan rings is 1. The monoisotopic (exact) mass is 408 g/mol. The van der Waals surface area contributed by atoms with Gasteiger partial charge < -0.3 is 24.5 Å². The van der Waals surface area contributed by atoms with E-state index in [1.54, 1.807) is 66.9 Å². The van der Waals surface area contributed by atoms with Crippen LogP contribution in [-0.2, 0) is 11.3 Å². The standard InChI is InChI=1S/C23H24N2O5/c1-2-28-13-14-30-21-11-4-3-10-20(21)23(27)25-18-8-5-7-17(15-18)22(26)24-16-19-9-6-12-29-19/h3-12,15H,2,13-14,16H2,1H3,(H,24,26)(H,25,27). The molecule has 0 saturated carbocycles. The topological polar surface area (TPSA) is 89.8 Å². The highest BCUT2D eigenvalue weighted by Gasteiger charge is 2.14. The van der Waals surface area contributed by atoms with Crippen molar-refractivity contribution in [3.63, 3.8) is 0 Å². The summed E-state index contributed by atoms with van der Waals surface area (Å²) in [6.07, 6.45) is 1.55. The highest BCUT2D eigenvalue weighted by Crippen LogP contribution is 2.20. The molecule has 30 heavy (non-hydrogen) atoms. The average Bonchev–Trinajstić information content (AvgIpc) is 3.29. The van der Waals surface area contributed by atoms with Crippen LogP contribution in [0.2, 0.25) is 0 Å². The molecular formula is C23H24N2O5. The smallest absolute Gasteiger partial charge is 0.259 e. The van der Waals surface area contributed by atoms with Crippen molar-refractivity contribution in [3.8, 4) is 5.75 Å². The zero-order valence-electron chi connectivity index (χ0n) is 16.7. The van der Waals surface area contributed by atoms with Gasteiger partial charge in [0, 0.05) is 17.9 Å². The van der Waals surface area contributed by atoms with E-state index in [0.29, 0.717) is 48.1 Å². The van der Waals surface area contributed by atoms with E-state index in [2.05, 4.69) is 10.6 Å². The van der Waals surface area contributed by atoms with Gasteiger partial charge in [-0.2, -0.15) is 0 Å². The number of carbonyl (C=O) groups excluding carboxylic acids is 2. The number of amides is 2. The molecular weight excluding hydrogens is 384 g/mol. The van der Waals surface area contributed by atoms with Gasteiger partial charge in [0.15, 0.2) is 0 Å². The van der Waals surface area contributed by atoms with Crippen molar-refractivity contribution >= 4 is 17.5 Å². The quantitative estimate of drug-likeness (QED) is 0.497. The SMILES string of the molecule is CCOCCOc1ccccc1C(=O)Nc1cccc(C(=O)NCc2ccco2)c1. The minimum atomic E-state index is -0.324. The molecule has 3 aromatic rings. The largest absolute Gasteiger partial charge is 0.490 e. The minimum Gasteiger partial charge on any atom is -0.490 e. The summed E-state index contributed by atoms with van der Waals surface area (Å²) in [6, 6.07) is 17.3. The number of para-hydroxylation sites is 1. The molecule has 0 fully saturated rings. The average molecular weight is 408 g/mol. The fourth-order valence-electron chi connectivity index (χ4n) is 2.75. The minimum absolute atomic E-state index is 0.262. The third-order valence-corrected chi connectivity index (χ3v) is 4.21. The molecule has 0 aliphatic carbocycles. The van der Waals surface area contributed by atoms with Crippen LogP contribution in [0.5, 0.6) is 5.75 Å². The van der Waals surface area contributed by atoms with E-state index in [-0.39, 0.29) is 18.4 Å². The van der Waals surface area contributed by atoms with Crippen molar-refractivity contribution in [1.82, 2.24) is 5.32 Å². The van der Waals surface area contributed by atoms with E-state index in [0.717, 1.165) is 0 Å². The number of ether oxygens (including phenoxy) is 2. The van der Waals surface area contributed by atoms with Gasteiger partial charge in [-0.15, -0.1) is 0 Å². The summed E-state index contributed by atoms with van der Waals surface area (Å²) in [5.41, 5.74) is 1.34. The van der Waals surface area contributed by atoms with E-state index >= 15 is 0 Å². The van der Waals surface area contributed by atoms with Crippen LogP contribution in [0.4, 0.5) is 5.69 Å². The molecule has 3 rings (SSSR count). The molecule has 0 unspecified atom stereocenters. The molecule has 0 radical (unpaired) electrons. The molecule has 0 aliphatic heterocycles. The predicted molar refractivity (Wildman–Crippen MR) is 113 cm³/mol. The van der Waals surface area contributed by atoms with Crippen LogP contribution in [0.25, 0.3) is 0 Å². The molecule has 7 heteroatoms. The third kappa shape index (κ3) is 5.96.